The van der Waals surface area contributed by atoms with Crippen molar-refractivity contribution in [2.75, 3.05) is 0 Å². The lowest BCUT2D eigenvalue weighted by Crippen LogP contribution is -2.12. The van der Waals surface area contributed by atoms with Crippen LogP contribution in [0.5, 0.6) is 0 Å². The minimum atomic E-state index is 0.0605. The summed E-state index contributed by atoms with van der Waals surface area (Å²) in [5, 5.41) is 10.0. The van der Waals surface area contributed by atoms with Crippen molar-refractivity contribution in [1.29, 1.82) is 0 Å². The van der Waals surface area contributed by atoms with E-state index in [-0.39, 0.29) is 5.43 Å². The highest BCUT2D eigenvalue weighted by atomic mass is 16.1. The number of aromatic nitrogens is 4. The van der Waals surface area contributed by atoms with Crippen LogP contribution in [0.1, 0.15) is 5.69 Å². The third kappa shape index (κ3) is 2.60. The van der Waals surface area contributed by atoms with Gasteiger partial charge >= 0.3 is 0 Å². The second-order valence-corrected chi connectivity index (χ2v) is 6.44. The summed E-state index contributed by atoms with van der Waals surface area (Å²) >= 11 is 0. The maximum absolute atomic E-state index is 12.8. The van der Waals surface area contributed by atoms with Crippen LogP contribution in [-0.2, 0) is 6.54 Å². The molecule has 0 saturated heterocycles. The Morgan fingerprint density at radius 1 is 0.741 bits per heavy atom. The molecule has 130 valence electrons. The Balaban J connectivity index is 1.68. The standard InChI is InChI=1S/C22H16N4O/c27-22-18-10-4-6-12-20(18)25(21-13-7-5-11-19(21)22)14-16-15-26(24-23-16)17-8-2-1-3-9-17/h1-13,15H,14H2. The normalized spacial score (nSPS) is 11.3. The Morgan fingerprint density at radius 3 is 2.00 bits per heavy atom. The molecular weight excluding hydrogens is 336 g/mol. The van der Waals surface area contributed by atoms with Gasteiger partial charge in [0.1, 0.15) is 5.69 Å². The zero-order valence-corrected chi connectivity index (χ0v) is 14.5. The van der Waals surface area contributed by atoms with Crippen LogP contribution in [0, 0.1) is 0 Å². The third-order valence-electron chi connectivity index (χ3n) is 4.76. The molecule has 0 radical (unpaired) electrons. The average molecular weight is 352 g/mol. The summed E-state index contributed by atoms with van der Waals surface area (Å²) in [5.74, 6) is 0. The molecule has 5 aromatic rings. The monoisotopic (exact) mass is 352 g/mol. The lowest BCUT2D eigenvalue weighted by Gasteiger charge is -2.13. The molecule has 0 amide bonds. The molecule has 0 fully saturated rings. The maximum Gasteiger partial charge on any atom is 0.197 e. The molecule has 0 bridgehead atoms. The highest BCUT2D eigenvalue weighted by Gasteiger charge is 2.12. The van der Waals surface area contributed by atoms with Gasteiger partial charge in [0.15, 0.2) is 5.43 Å². The topological polar surface area (TPSA) is 52.7 Å². The number of nitrogens with zero attached hydrogens (tertiary/aromatic N) is 4. The number of hydrogen-bond acceptors (Lipinski definition) is 3. The first-order chi connectivity index (χ1) is 13.3. The Kier molecular flexibility index (Phi) is 3.57. The van der Waals surface area contributed by atoms with Gasteiger partial charge in [0.25, 0.3) is 0 Å². The molecule has 5 rings (SSSR count). The quantitative estimate of drug-likeness (QED) is 0.464. The summed E-state index contributed by atoms with van der Waals surface area (Å²) in [6.45, 7) is 0.536. The first-order valence-corrected chi connectivity index (χ1v) is 8.78. The van der Waals surface area contributed by atoms with Gasteiger partial charge in [0.05, 0.1) is 29.5 Å². The lowest BCUT2D eigenvalue weighted by atomic mass is 10.1. The molecular formula is C22H16N4O. The highest BCUT2D eigenvalue weighted by Crippen LogP contribution is 2.20. The van der Waals surface area contributed by atoms with Crippen LogP contribution in [0.2, 0.25) is 0 Å². The molecule has 27 heavy (non-hydrogen) atoms. The Bertz CT molecular complexity index is 1260. The van der Waals surface area contributed by atoms with Crippen LogP contribution in [0.25, 0.3) is 27.5 Å². The number of benzene rings is 3. The number of pyridine rings is 1. The molecule has 0 unspecified atom stereocenters. The summed E-state index contributed by atoms with van der Waals surface area (Å²) in [6.07, 6.45) is 1.93. The molecule has 5 heteroatoms. The smallest absolute Gasteiger partial charge is 0.197 e. The second kappa shape index (κ2) is 6.21. The minimum Gasteiger partial charge on any atom is -0.334 e. The fourth-order valence-corrected chi connectivity index (χ4v) is 3.49. The third-order valence-corrected chi connectivity index (χ3v) is 4.76. The lowest BCUT2D eigenvalue weighted by molar-refractivity contribution is 0.782. The molecule has 0 spiro atoms. The summed E-state index contributed by atoms with van der Waals surface area (Å²) in [6, 6.07) is 25.3. The fraction of sp³-hybridized carbons (Fsp3) is 0.0455. The van der Waals surface area contributed by atoms with Crippen LogP contribution in [0.4, 0.5) is 0 Å². The van der Waals surface area contributed by atoms with Gasteiger partial charge in [0, 0.05) is 10.8 Å². The van der Waals surface area contributed by atoms with Crippen LogP contribution in [-0.4, -0.2) is 19.6 Å². The van der Waals surface area contributed by atoms with E-state index in [1.165, 1.54) is 0 Å². The predicted octanol–water partition coefficient (Wildman–Crippen LogP) is 3.78. The van der Waals surface area contributed by atoms with Crippen molar-refractivity contribution in [1.82, 2.24) is 19.6 Å². The molecule has 0 aliphatic carbocycles. The van der Waals surface area contributed by atoms with Gasteiger partial charge in [-0.15, -0.1) is 5.10 Å². The van der Waals surface area contributed by atoms with E-state index in [2.05, 4.69) is 14.9 Å². The van der Waals surface area contributed by atoms with Crippen LogP contribution >= 0.6 is 0 Å². The first-order valence-electron chi connectivity index (χ1n) is 8.78. The SMILES string of the molecule is O=c1c2ccccc2n(Cc2cn(-c3ccccc3)nn2)c2ccccc12. The minimum absolute atomic E-state index is 0.0605. The summed E-state index contributed by atoms with van der Waals surface area (Å²) in [5.41, 5.74) is 3.65. The van der Waals surface area contributed by atoms with Crippen molar-refractivity contribution < 1.29 is 0 Å². The number of rotatable bonds is 3. The van der Waals surface area contributed by atoms with Crippen molar-refractivity contribution in [3.8, 4) is 5.69 Å². The van der Waals surface area contributed by atoms with Crippen molar-refractivity contribution in [2.24, 2.45) is 0 Å². The summed E-state index contributed by atoms with van der Waals surface area (Å²) in [7, 11) is 0. The van der Waals surface area contributed by atoms with Gasteiger partial charge in [-0.05, 0) is 36.4 Å². The van der Waals surface area contributed by atoms with Gasteiger partial charge in [-0.25, -0.2) is 4.68 Å². The van der Waals surface area contributed by atoms with Crippen LogP contribution < -0.4 is 5.43 Å². The van der Waals surface area contributed by atoms with Crippen molar-refractivity contribution >= 4 is 21.8 Å². The summed E-state index contributed by atoms with van der Waals surface area (Å²) in [4.78, 5) is 12.8. The average Bonchev–Trinajstić information content (AvgIpc) is 3.20. The van der Waals surface area contributed by atoms with E-state index < -0.39 is 0 Å². The van der Waals surface area contributed by atoms with Gasteiger partial charge in [-0.3, -0.25) is 4.79 Å². The second-order valence-electron chi connectivity index (χ2n) is 6.44. The molecule has 0 atom stereocenters. The molecule has 5 nitrogen and oxygen atoms in total. The summed E-state index contributed by atoms with van der Waals surface area (Å²) < 4.78 is 3.90. The number of hydrogen-bond donors (Lipinski definition) is 0. The van der Waals surface area contributed by atoms with E-state index >= 15 is 0 Å². The predicted molar refractivity (Wildman–Crippen MR) is 106 cm³/mol. The Hall–Kier alpha value is -3.73. The highest BCUT2D eigenvalue weighted by molar-refractivity contribution is 5.93. The molecule has 2 aromatic heterocycles. The zero-order valence-electron chi connectivity index (χ0n) is 14.5. The van der Waals surface area contributed by atoms with Crippen molar-refractivity contribution in [3.05, 3.63) is 101 Å². The van der Waals surface area contributed by atoms with Crippen LogP contribution in [0.3, 0.4) is 0 Å². The van der Waals surface area contributed by atoms with E-state index in [9.17, 15) is 4.79 Å². The van der Waals surface area contributed by atoms with Crippen molar-refractivity contribution in [2.45, 2.75) is 6.54 Å². The molecule has 0 aliphatic heterocycles. The molecule has 3 aromatic carbocycles. The largest absolute Gasteiger partial charge is 0.334 e. The van der Waals surface area contributed by atoms with Gasteiger partial charge in [-0.1, -0.05) is 47.7 Å². The molecule has 0 N–H and O–H groups in total. The first kappa shape index (κ1) is 15.5. The Morgan fingerprint density at radius 2 is 1.33 bits per heavy atom. The number of para-hydroxylation sites is 3. The molecule has 0 aliphatic rings. The fourth-order valence-electron chi connectivity index (χ4n) is 3.49. The molecule has 2 heterocycles. The zero-order chi connectivity index (χ0) is 18.2. The van der Waals surface area contributed by atoms with Gasteiger partial charge in [-0.2, -0.15) is 0 Å². The van der Waals surface area contributed by atoms with E-state index in [0.717, 1.165) is 22.4 Å². The van der Waals surface area contributed by atoms with E-state index in [1.807, 2.05) is 85.1 Å². The van der Waals surface area contributed by atoms with Gasteiger partial charge < -0.3 is 4.57 Å². The van der Waals surface area contributed by atoms with E-state index in [4.69, 9.17) is 0 Å². The van der Waals surface area contributed by atoms with E-state index in [0.29, 0.717) is 17.3 Å². The van der Waals surface area contributed by atoms with Gasteiger partial charge in [0.2, 0.25) is 0 Å². The Labute approximate surface area is 155 Å². The maximum atomic E-state index is 12.8. The number of fused-ring (bicyclic) bond motifs is 2. The van der Waals surface area contributed by atoms with Crippen molar-refractivity contribution in [3.63, 3.8) is 0 Å². The van der Waals surface area contributed by atoms with E-state index in [1.54, 1.807) is 4.68 Å². The molecule has 0 saturated carbocycles. The van der Waals surface area contributed by atoms with Crippen LogP contribution in [0.15, 0.2) is 89.9 Å².